The molecule has 2 rings (SSSR count). The lowest BCUT2D eigenvalue weighted by Gasteiger charge is -2.31. The number of ether oxygens (including phenoxy) is 2. The summed E-state index contributed by atoms with van der Waals surface area (Å²) in [5.41, 5.74) is 0. The van der Waals surface area contributed by atoms with Gasteiger partial charge in [0.15, 0.2) is 11.6 Å². The number of hydrogen-bond acceptors (Lipinski definition) is 4. The molecule has 1 N–H and O–H groups in total. The number of para-hydroxylation sites is 1. The van der Waals surface area contributed by atoms with Gasteiger partial charge in [0.25, 0.3) is 0 Å². The molecule has 2 amide bonds. The Labute approximate surface area is 140 Å². The molecule has 7 heteroatoms. The van der Waals surface area contributed by atoms with Gasteiger partial charge < -0.3 is 19.7 Å². The van der Waals surface area contributed by atoms with Crippen LogP contribution in [0.2, 0.25) is 0 Å². The normalized spacial score (nSPS) is 16.4. The van der Waals surface area contributed by atoms with Crippen LogP contribution >= 0.6 is 0 Å². The van der Waals surface area contributed by atoms with Crippen LogP contribution in [0.5, 0.6) is 5.75 Å². The number of hydrogen-bond donors (Lipinski definition) is 1. The van der Waals surface area contributed by atoms with Crippen LogP contribution in [-0.2, 0) is 9.53 Å². The third kappa shape index (κ3) is 4.84. The molecule has 6 nitrogen and oxygen atoms in total. The number of nitrogens with one attached hydrogen (secondary N) is 1. The van der Waals surface area contributed by atoms with E-state index in [9.17, 15) is 14.0 Å². The number of carbonyl (C=O) groups is 2. The fraction of sp³-hybridized carbons (Fsp3) is 0.529. The third-order valence-electron chi connectivity index (χ3n) is 4.02. The number of likely N-dealkylation sites (tertiary alicyclic amines) is 1. The van der Waals surface area contributed by atoms with E-state index in [-0.39, 0.29) is 36.3 Å². The van der Waals surface area contributed by atoms with Crippen LogP contribution in [0.4, 0.5) is 9.18 Å². The summed E-state index contributed by atoms with van der Waals surface area (Å²) in [6, 6.07) is 5.95. The SMILES string of the molecule is COC(=O)C1CCN(C(=O)NC[C@H](C)Oc2ccccc2F)CC1. The Bertz CT molecular complexity index is 573. The minimum absolute atomic E-state index is 0.137. The highest BCUT2D eigenvalue weighted by molar-refractivity contribution is 5.76. The van der Waals surface area contributed by atoms with Crippen molar-refractivity contribution < 1.29 is 23.5 Å². The maximum Gasteiger partial charge on any atom is 0.317 e. The molecule has 1 aliphatic rings. The Balaban J connectivity index is 1.73. The zero-order valence-electron chi connectivity index (χ0n) is 14.0. The lowest BCUT2D eigenvalue weighted by atomic mass is 9.97. The van der Waals surface area contributed by atoms with Crippen molar-refractivity contribution in [1.82, 2.24) is 10.2 Å². The summed E-state index contributed by atoms with van der Waals surface area (Å²) in [7, 11) is 1.37. The molecule has 132 valence electrons. The van der Waals surface area contributed by atoms with E-state index in [2.05, 4.69) is 5.32 Å². The quantitative estimate of drug-likeness (QED) is 0.836. The number of rotatable bonds is 5. The van der Waals surface area contributed by atoms with Gasteiger partial charge in [0.05, 0.1) is 19.6 Å². The number of amides is 2. The lowest BCUT2D eigenvalue weighted by Crippen LogP contribution is -2.47. The van der Waals surface area contributed by atoms with Crippen LogP contribution in [0.25, 0.3) is 0 Å². The van der Waals surface area contributed by atoms with Gasteiger partial charge in [0.1, 0.15) is 6.10 Å². The zero-order valence-corrected chi connectivity index (χ0v) is 14.0. The predicted octanol–water partition coefficient (Wildman–Crippen LogP) is 2.19. The maximum absolute atomic E-state index is 13.5. The molecule has 1 aromatic rings. The summed E-state index contributed by atoms with van der Waals surface area (Å²) >= 11 is 0. The van der Waals surface area contributed by atoms with Crippen molar-refractivity contribution in [3.8, 4) is 5.75 Å². The standard InChI is InChI=1S/C17H23FN2O4/c1-12(24-15-6-4-3-5-14(15)18)11-19-17(22)20-9-7-13(8-10-20)16(21)23-2/h3-6,12-13H,7-11H2,1-2H3,(H,19,22)/t12-/m0/s1. The molecule has 0 aliphatic carbocycles. The van der Waals surface area contributed by atoms with Gasteiger partial charge in [0, 0.05) is 13.1 Å². The van der Waals surface area contributed by atoms with Crippen LogP contribution in [0, 0.1) is 11.7 Å². The molecule has 1 saturated heterocycles. The molecule has 1 fully saturated rings. The van der Waals surface area contributed by atoms with Crippen LogP contribution in [0.15, 0.2) is 24.3 Å². The Morgan fingerprint density at radius 2 is 2.00 bits per heavy atom. The van der Waals surface area contributed by atoms with Crippen LogP contribution in [-0.4, -0.2) is 49.7 Å². The van der Waals surface area contributed by atoms with Crippen molar-refractivity contribution >= 4 is 12.0 Å². The summed E-state index contributed by atoms with van der Waals surface area (Å²) < 4.78 is 23.7. The number of carbonyl (C=O) groups excluding carboxylic acids is 2. The van der Waals surface area contributed by atoms with Crippen molar-refractivity contribution in [2.75, 3.05) is 26.7 Å². The second-order valence-electron chi connectivity index (χ2n) is 5.83. The third-order valence-corrected chi connectivity index (χ3v) is 4.02. The van der Waals surface area contributed by atoms with Crippen molar-refractivity contribution in [2.45, 2.75) is 25.9 Å². The summed E-state index contributed by atoms with van der Waals surface area (Å²) in [4.78, 5) is 25.3. The van der Waals surface area contributed by atoms with E-state index in [1.807, 2.05) is 0 Å². The molecule has 0 radical (unpaired) electrons. The first-order chi connectivity index (χ1) is 11.5. The minimum Gasteiger partial charge on any atom is -0.486 e. The van der Waals surface area contributed by atoms with Gasteiger partial charge in [0.2, 0.25) is 0 Å². The molecular formula is C17H23FN2O4. The number of benzene rings is 1. The molecule has 0 spiro atoms. The molecular weight excluding hydrogens is 315 g/mol. The average Bonchev–Trinajstić information content (AvgIpc) is 2.61. The van der Waals surface area contributed by atoms with Crippen molar-refractivity contribution in [3.05, 3.63) is 30.1 Å². The minimum atomic E-state index is -0.430. The number of esters is 1. The number of methoxy groups -OCH3 is 1. The average molecular weight is 338 g/mol. The molecule has 1 aliphatic heterocycles. The van der Waals surface area contributed by atoms with Crippen LogP contribution < -0.4 is 10.1 Å². The highest BCUT2D eigenvalue weighted by Gasteiger charge is 2.27. The smallest absolute Gasteiger partial charge is 0.317 e. The maximum atomic E-state index is 13.5. The molecule has 24 heavy (non-hydrogen) atoms. The molecule has 0 aromatic heterocycles. The molecule has 0 unspecified atom stereocenters. The molecule has 1 atom stereocenters. The van der Waals surface area contributed by atoms with Crippen LogP contribution in [0.1, 0.15) is 19.8 Å². The fourth-order valence-electron chi connectivity index (χ4n) is 2.63. The first kappa shape index (κ1) is 18.0. The predicted molar refractivity (Wildman–Crippen MR) is 86.2 cm³/mol. The van der Waals surface area contributed by atoms with E-state index in [1.165, 1.54) is 13.2 Å². The Hall–Kier alpha value is -2.31. The van der Waals surface area contributed by atoms with Crippen LogP contribution in [0.3, 0.4) is 0 Å². The molecule has 1 aromatic carbocycles. The summed E-state index contributed by atoms with van der Waals surface area (Å²) in [5, 5.41) is 2.77. The summed E-state index contributed by atoms with van der Waals surface area (Å²) in [6.07, 6.45) is 0.835. The Morgan fingerprint density at radius 3 is 2.62 bits per heavy atom. The first-order valence-electron chi connectivity index (χ1n) is 8.03. The van der Waals surface area contributed by atoms with Crippen molar-refractivity contribution in [3.63, 3.8) is 0 Å². The van der Waals surface area contributed by atoms with Gasteiger partial charge in [-0.2, -0.15) is 0 Å². The zero-order chi connectivity index (χ0) is 17.5. The van der Waals surface area contributed by atoms with E-state index in [4.69, 9.17) is 9.47 Å². The number of halogens is 1. The summed E-state index contributed by atoms with van der Waals surface area (Å²) in [5.74, 6) is -0.622. The highest BCUT2D eigenvalue weighted by atomic mass is 19.1. The molecule has 1 heterocycles. The molecule has 0 saturated carbocycles. The van der Waals surface area contributed by atoms with Gasteiger partial charge in [-0.15, -0.1) is 0 Å². The Kier molecular flexibility index (Phi) is 6.40. The van der Waals surface area contributed by atoms with E-state index in [1.54, 1.807) is 30.0 Å². The van der Waals surface area contributed by atoms with Gasteiger partial charge in [-0.1, -0.05) is 12.1 Å². The lowest BCUT2D eigenvalue weighted by molar-refractivity contribution is -0.146. The second-order valence-corrected chi connectivity index (χ2v) is 5.83. The number of nitrogens with zero attached hydrogens (tertiary/aromatic N) is 1. The van der Waals surface area contributed by atoms with E-state index in [0.29, 0.717) is 25.9 Å². The second kappa shape index (κ2) is 8.52. The Morgan fingerprint density at radius 1 is 1.33 bits per heavy atom. The van der Waals surface area contributed by atoms with Crippen molar-refractivity contribution in [1.29, 1.82) is 0 Å². The highest BCUT2D eigenvalue weighted by Crippen LogP contribution is 2.19. The van der Waals surface area contributed by atoms with Crippen molar-refractivity contribution in [2.24, 2.45) is 5.92 Å². The summed E-state index contributed by atoms with van der Waals surface area (Å²) in [6.45, 7) is 3.04. The van der Waals surface area contributed by atoms with E-state index in [0.717, 1.165) is 0 Å². The first-order valence-corrected chi connectivity index (χ1v) is 8.03. The van der Waals surface area contributed by atoms with Gasteiger partial charge in [-0.05, 0) is 31.9 Å². The van der Waals surface area contributed by atoms with E-state index >= 15 is 0 Å². The number of piperidine rings is 1. The van der Waals surface area contributed by atoms with Gasteiger partial charge in [-0.25, -0.2) is 9.18 Å². The van der Waals surface area contributed by atoms with Gasteiger partial charge >= 0.3 is 12.0 Å². The largest absolute Gasteiger partial charge is 0.486 e. The van der Waals surface area contributed by atoms with Gasteiger partial charge in [-0.3, -0.25) is 4.79 Å². The molecule has 0 bridgehead atoms. The number of urea groups is 1. The monoisotopic (exact) mass is 338 g/mol. The topological polar surface area (TPSA) is 67.9 Å². The fourth-order valence-corrected chi connectivity index (χ4v) is 2.63. The van der Waals surface area contributed by atoms with E-state index < -0.39 is 5.82 Å².